The molecule has 8 nitrogen and oxygen atoms in total. The molecule has 1 fully saturated rings. The van der Waals surface area contributed by atoms with Crippen molar-refractivity contribution in [2.24, 2.45) is 0 Å². The molecule has 1 atom stereocenters. The van der Waals surface area contributed by atoms with Crippen molar-refractivity contribution in [2.45, 2.75) is 12.5 Å². The van der Waals surface area contributed by atoms with Gasteiger partial charge in [0.1, 0.15) is 5.82 Å². The topological polar surface area (TPSA) is 76.8 Å². The van der Waals surface area contributed by atoms with Gasteiger partial charge in [0.05, 0.1) is 25.3 Å². The lowest BCUT2D eigenvalue weighted by atomic mass is 10.1. The number of methoxy groups -OCH3 is 2. The van der Waals surface area contributed by atoms with Crippen molar-refractivity contribution in [1.29, 1.82) is 0 Å². The number of likely N-dealkylation sites (N-methyl/N-ethyl adjacent to an activating group) is 1. The van der Waals surface area contributed by atoms with Crippen molar-refractivity contribution < 1.29 is 14.0 Å². The van der Waals surface area contributed by atoms with Crippen LogP contribution in [0.1, 0.15) is 6.42 Å². The highest BCUT2D eigenvalue weighted by Gasteiger charge is 2.25. The average molecular weight is 395 g/mol. The maximum atomic E-state index is 5.47. The van der Waals surface area contributed by atoms with E-state index in [9.17, 15) is 0 Å². The number of rotatable bonds is 6. The van der Waals surface area contributed by atoms with Crippen LogP contribution in [0.3, 0.4) is 0 Å². The van der Waals surface area contributed by atoms with E-state index in [4.69, 9.17) is 14.0 Å². The highest BCUT2D eigenvalue weighted by Crippen LogP contribution is 2.37. The fourth-order valence-electron chi connectivity index (χ4n) is 3.58. The zero-order valence-corrected chi connectivity index (χ0v) is 17.1. The Morgan fingerprint density at radius 3 is 2.66 bits per heavy atom. The van der Waals surface area contributed by atoms with Crippen molar-refractivity contribution in [1.82, 2.24) is 20.0 Å². The quantitative estimate of drug-likeness (QED) is 0.631. The Hall–Kier alpha value is -3.13. The molecule has 2 aromatic heterocycles. The number of pyridine rings is 1. The maximum absolute atomic E-state index is 5.47. The van der Waals surface area contributed by atoms with E-state index in [1.807, 2.05) is 30.3 Å². The third kappa shape index (κ3) is 3.75. The monoisotopic (exact) mass is 395 g/mol. The molecule has 0 unspecified atom stereocenters. The summed E-state index contributed by atoms with van der Waals surface area (Å²) in [7, 11) is 7.42. The summed E-state index contributed by atoms with van der Waals surface area (Å²) in [5.41, 5.74) is 1.48. The lowest BCUT2D eigenvalue weighted by molar-refractivity contribution is 0.315. The van der Waals surface area contributed by atoms with Gasteiger partial charge in [-0.25, -0.2) is 4.98 Å². The van der Waals surface area contributed by atoms with Crippen LogP contribution in [0.5, 0.6) is 11.5 Å². The predicted molar refractivity (Wildman–Crippen MR) is 110 cm³/mol. The van der Waals surface area contributed by atoms with E-state index in [1.165, 1.54) is 0 Å². The van der Waals surface area contributed by atoms with Crippen molar-refractivity contribution in [3.05, 3.63) is 36.5 Å². The summed E-state index contributed by atoms with van der Waals surface area (Å²) in [6, 6.07) is 10.1. The van der Waals surface area contributed by atoms with Crippen LogP contribution in [0.25, 0.3) is 22.8 Å². The van der Waals surface area contributed by atoms with Gasteiger partial charge in [0.2, 0.25) is 5.82 Å². The molecule has 3 aromatic rings. The Kier molecular flexibility index (Phi) is 5.35. The zero-order chi connectivity index (χ0) is 20.4. The minimum atomic E-state index is 0.413. The molecule has 0 saturated carbocycles. The number of ether oxygens (including phenoxy) is 2. The Morgan fingerprint density at radius 1 is 1.14 bits per heavy atom. The second kappa shape index (κ2) is 8.08. The van der Waals surface area contributed by atoms with Crippen LogP contribution in [0, 0.1) is 0 Å². The van der Waals surface area contributed by atoms with Gasteiger partial charge < -0.3 is 23.8 Å². The fraction of sp³-hybridized carbons (Fsp3) is 0.381. The van der Waals surface area contributed by atoms with Gasteiger partial charge in [0, 0.05) is 25.3 Å². The molecule has 29 heavy (non-hydrogen) atoms. The Labute approximate surface area is 170 Å². The van der Waals surface area contributed by atoms with Gasteiger partial charge in [-0.3, -0.25) is 0 Å². The van der Waals surface area contributed by atoms with Crippen LogP contribution in [0.2, 0.25) is 0 Å². The summed E-state index contributed by atoms with van der Waals surface area (Å²) in [6.07, 6.45) is 2.92. The Morgan fingerprint density at radius 2 is 2.00 bits per heavy atom. The molecule has 0 bridgehead atoms. The SMILES string of the molecule is COc1cccc(-c2noc(-c3ccc(N4CC[C@@H](N(C)C)C4)nc3)n2)c1OC. The van der Waals surface area contributed by atoms with E-state index in [2.05, 4.69) is 39.0 Å². The molecule has 0 aliphatic carbocycles. The molecule has 3 heterocycles. The van der Waals surface area contributed by atoms with Crippen molar-refractivity contribution in [2.75, 3.05) is 46.3 Å². The van der Waals surface area contributed by atoms with Crippen molar-refractivity contribution in [3.8, 4) is 34.3 Å². The molecule has 1 aliphatic rings. The molecular weight excluding hydrogens is 370 g/mol. The van der Waals surface area contributed by atoms with Gasteiger partial charge >= 0.3 is 0 Å². The molecule has 0 N–H and O–H groups in total. The number of benzene rings is 1. The normalized spacial score (nSPS) is 16.4. The average Bonchev–Trinajstić information content (AvgIpc) is 3.43. The van der Waals surface area contributed by atoms with E-state index >= 15 is 0 Å². The molecule has 8 heteroatoms. The number of nitrogens with zero attached hydrogens (tertiary/aromatic N) is 5. The standard InChI is InChI=1S/C21H25N5O3/c1-25(2)15-10-11-26(13-15)18-9-8-14(12-22-18)21-23-20(24-29-21)16-6-5-7-17(27-3)19(16)28-4/h5-9,12,15H,10-11,13H2,1-4H3/t15-/m1/s1. The van der Waals surface area contributed by atoms with Gasteiger partial charge in [-0.2, -0.15) is 4.98 Å². The first-order chi connectivity index (χ1) is 14.1. The smallest absolute Gasteiger partial charge is 0.259 e. The first-order valence-corrected chi connectivity index (χ1v) is 9.53. The maximum Gasteiger partial charge on any atom is 0.259 e. The third-order valence-corrected chi connectivity index (χ3v) is 5.28. The van der Waals surface area contributed by atoms with Gasteiger partial charge in [-0.05, 0) is 44.8 Å². The highest BCUT2D eigenvalue weighted by molar-refractivity contribution is 5.69. The highest BCUT2D eigenvalue weighted by atomic mass is 16.5. The second-order valence-electron chi connectivity index (χ2n) is 7.22. The van der Waals surface area contributed by atoms with Crippen LogP contribution in [0.15, 0.2) is 41.1 Å². The lowest BCUT2D eigenvalue weighted by Crippen LogP contribution is -2.31. The van der Waals surface area contributed by atoms with Gasteiger partial charge in [0.15, 0.2) is 11.5 Å². The number of aromatic nitrogens is 3. The fourth-order valence-corrected chi connectivity index (χ4v) is 3.58. The van der Waals surface area contributed by atoms with E-state index in [0.717, 1.165) is 30.9 Å². The lowest BCUT2D eigenvalue weighted by Gasteiger charge is -2.21. The second-order valence-corrected chi connectivity index (χ2v) is 7.22. The molecule has 4 rings (SSSR count). The largest absolute Gasteiger partial charge is 0.493 e. The Bertz CT molecular complexity index is 971. The van der Waals surface area contributed by atoms with E-state index in [0.29, 0.717) is 34.8 Å². The van der Waals surface area contributed by atoms with E-state index in [-0.39, 0.29) is 0 Å². The summed E-state index contributed by atoms with van der Waals surface area (Å²) in [5, 5.41) is 4.11. The number of hydrogen-bond acceptors (Lipinski definition) is 8. The van der Waals surface area contributed by atoms with Crippen LogP contribution in [-0.4, -0.2) is 67.5 Å². The van der Waals surface area contributed by atoms with Crippen molar-refractivity contribution in [3.63, 3.8) is 0 Å². The number of anilines is 1. The molecule has 0 radical (unpaired) electrons. The van der Waals surface area contributed by atoms with E-state index in [1.54, 1.807) is 20.4 Å². The van der Waals surface area contributed by atoms with Crippen molar-refractivity contribution >= 4 is 5.82 Å². The van der Waals surface area contributed by atoms with Crippen LogP contribution >= 0.6 is 0 Å². The van der Waals surface area contributed by atoms with Gasteiger partial charge in [-0.1, -0.05) is 11.2 Å². The zero-order valence-electron chi connectivity index (χ0n) is 17.1. The minimum absolute atomic E-state index is 0.413. The number of hydrogen-bond donors (Lipinski definition) is 0. The Balaban J connectivity index is 1.55. The summed E-state index contributed by atoms with van der Waals surface area (Å²) < 4.78 is 16.3. The molecule has 1 aliphatic heterocycles. The molecule has 0 spiro atoms. The minimum Gasteiger partial charge on any atom is -0.493 e. The first-order valence-electron chi connectivity index (χ1n) is 9.53. The summed E-state index contributed by atoms with van der Waals surface area (Å²) in [6.45, 7) is 2.00. The van der Waals surface area contributed by atoms with Gasteiger partial charge in [0.25, 0.3) is 5.89 Å². The summed E-state index contributed by atoms with van der Waals surface area (Å²) in [4.78, 5) is 13.7. The molecule has 0 amide bonds. The summed E-state index contributed by atoms with van der Waals surface area (Å²) in [5.74, 6) is 3.00. The summed E-state index contributed by atoms with van der Waals surface area (Å²) >= 11 is 0. The third-order valence-electron chi connectivity index (χ3n) is 5.28. The van der Waals surface area contributed by atoms with Crippen LogP contribution < -0.4 is 14.4 Å². The van der Waals surface area contributed by atoms with Crippen LogP contribution in [-0.2, 0) is 0 Å². The first kappa shape index (κ1) is 19.2. The van der Waals surface area contributed by atoms with Crippen LogP contribution in [0.4, 0.5) is 5.82 Å². The predicted octanol–water partition coefficient (Wildman–Crippen LogP) is 2.96. The van der Waals surface area contributed by atoms with Gasteiger partial charge in [-0.15, -0.1) is 0 Å². The van der Waals surface area contributed by atoms with E-state index < -0.39 is 0 Å². The molecule has 152 valence electrons. The molecule has 1 aromatic carbocycles. The molecular formula is C21H25N5O3. The number of para-hydroxylation sites is 1. The molecule has 1 saturated heterocycles.